The molecule has 0 aliphatic carbocycles. The summed E-state index contributed by atoms with van der Waals surface area (Å²) in [4.78, 5) is 0. The van der Waals surface area contributed by atoms with E-state index in [1.54, 1.807) is 0 Å². The first-order chi connectivity index (χ1) is 10.7. The fourth-order valence-corrected chi connectivity index (χ4v) is 3.10. The Balaban J connectivity index is 1.97. The molecule has 3 nitrogen and oxygen atoms in total. The fraction of sp³-hybridized carbons (Fsp3) is 0.368. The molecule has 0 radical (unpaired) electrons. The molecular formula is C19H23NO2. The Morgan fingerprint density at radius 3 is 2.55 bits per heavy atom. The number of hydrogen-bond donors (Lipinski definition) is 2. The van der Waals surface area contributed by atoms with Gasteiger partial charge in [0.1, 0.15) is 11.7 Å². The van der Waals surface area contributed by atoms with Crippen LogP contribution in [0.5, 0.6) is 0 Å². The van der Waals surface area contributed by atoms with E-state index in [-0.39, 0.29) is 6.10 Å². The number of benzene rings is 2. The van der Waals surface area contributed by atoms with E-state index in [9.17, 15) is 5.11 Å². The molecule has 3 rings (SSSR count). The Bertz CT molecular complexity index is 608. The van der Waals surface area contributed by atoms with Crippen LogP contribution in [0.2, 0.25) is 0 Å². The van der Waals surface area contributed by atoms with Gasteiger partial charge in [-0.2, -0.15) is 0 Å². The first kappa shape index (κ1) is 15.2. The summed E-state index contributed by atoms with van der Waals surface area (Å²) >= 11 is 0. The van der Waals surface area contributed by atoms with Crippen LogP contribution in [-0.4, -0.2) is 30.9 Å². The summed E-state index contributed by atoms with van der Waals surface area (Å²) in [6.45, 7) is 4.22. The molecule has 2 atom stereocenters. The van der Waals surface area contributed by atoms with Crippen LogP contribution in [0.25, 0.3) is 0 Å². The lowest BCUT2D eigenvalue weighted by atomic mass is 9.81. The average molecular weight is 297 g/mol. The third-order valence-electron chi connectivity index (χ3n) is 4.46. The van der Waals surface area contributed by atoms with E-state index in [1.807, 2.05) is 42.5 Å². The Hall–Kier alpha value is -1.68. The van der Waals surface area contributed by atoms with Crippen LogP contribution in [0.4, 0.5) is 0 Å². The monoisotopic (exact) mass is 297 g/mol. The highest BCUT2D eigenvalue weighted by atomic mass is 16.5. The quantitative estimate of drug-likeness (QED) is 0.910. The summed E-state index contributed by atoms with van der Waals surface area (Å²) in [5.74, 6) is 0. The zero-order valence-corrected chi connectivity index (χ0v) is 13.0. The van der Waals surface area contributed by atoms with Gasteiger partial charge in [-0.15, -0.1) is 0 Å². The highest BCUT2D eigenvalue weighted by Crippen LogP contribution is 2.32. The third kappa shape index (κ3) is 3.07. The third-order valence-corrected chi connectivity index (χ3v) is 4.46. The second kappa shape index (κ2) is 6.61. The molecular weight excluding hydrogens is 274 g/mol. The van der Waals surface area contributed by atoms with E-state index in [4.69, 9.17) is 4.74 Å². The molecule has 0 aromatic heterocycles. The van der Waals surface area contributed by atoms with Crippen molar-refractivity contribution in [1.82, 2.24) is 5.32 Å². The van der Waals surface area contributed by atoms with Crippen molar-refractivity contribution in [3.05, 3.63) is 71.3 Å². The van der Waals surface area contributed by atoms with E-state index in [0.29, 0.717) is 19.6 Å². The molecule has 22 heavy (non-hydrogen) atoms. The molecule has 0 amide bonds. The SMILES string of the molecule is Cc1ccccc1C[C@](O)(c1ccccc1)[C@H]1CNCCO1. The largest absolute Gasteiger partial charge is 0.382 e. The van der Waals surface area contributed by atoms with Crippen LogP contribution in [0.15, 0.2) is 54.6 Å². The van der Waals surface area contributed by atoms with Gasteiger partial charge < -0.3 is 15.2 Å². The molecule has 2 aromatic rings. The number of hydrogen-bond acceptors (Lipinski definition) is 3. The van der Waals surface area contributed by atoms with Gasteiger partial charge in [0, 0.05) is 19.5 Å². The van der Waals surface area contributed by atoms with Crippen LogP contribution in [0, 0.1) is 6.92 Å². The molecule has 1 fully saturated rings. The van der Waals surface area contributed by atoms with Gasteiger partial charge in [0.05, 0.1) is 6.61 Å². The van der Waals surface area contributed by atoms with Crippen molar-refractivity contribution >= 4 is 0 Å². The lowest BCUT2D eigenvalue weighted by molar-refractivity contribution is -0.124. The van der Waals surface area contributed by atoms with E-state index in [1.165, 1.54) is 5.56 Å². The second-order valence-electron chi connectivity index (χ2n) is 5.96. The molecule has 2 aromatic carbocycles. The lowest BCUT2D eigenvalue weighted by Gasteiger charge is -2.39. The van der Waals surface area contributed by atoms with Crippen LogP contribution in [0.3, 0.4) is 0 Å². The highest BCUT2D eigenvalue weighted by molar-refractivity contribution is 5.32. The lowest BCUT2D eigenvalue weighted by Crippen LogP contribution is -2.52. The Kier molecular flexibility index (Phi) is 4.57. The minimum Gasteiger partial charge on any atom is -0.382 e. The number of ether oxygens (including phenoxy) is 1. The maximum Gasteiger partial charge on any atom is 0.121 e. The second-order valence-corrected chi connectivity index (χ2v) is 5.96. The smallest absolute Gasteiger partial charge is 0.121 e. The molecule has 0 unspecified atom stereocenters. The topological polar surface area (TPSA) is 41.5 Å². The zero-order valence-electron chi connectivity index (χ0n) is 13.0. The van der Waals surface area contributed by atoms with Crippen molar-refractivity contribution in [2.24, 2.45) is 0 Å². The normalized spacial score (nSPS) is 21.3. The molecule has 1 heterocycles. The van der Waals surface area contributed by atoms with E-state index >= 15 is 0 Å². The van der Waals surface area contributed by atoms with Gasteiger partial charge in [-0.3, -0.25) is 0 Å². The standard InChI is InChI=1S/C19H23NO2/c1-15-7-5-6-8-16(15)13-19(21,17-9-3-2-4-10-17)18-14-20-11-12-22-18/h2-10,18,20-21H,11-14H2,1H3/t18-,19+/m1/s1. The highest BCUT2D eigenvalue weighted by Gasteiger charge is 2.40. The molecule has 3 heteroatoms. The van der Waals surface area contributed by atoms with Crippen molar-refractivity contribution in [3.8, 4) is 0 Å². The Morgan fingerprint density at radius 1 is 1.14 bits per heavy atom. The van der Waals surface area contributed by atoms with Gasteiger partial charge in [0.15, 0.2) is 0 Å². The molecule has 2 N–H and O–H groups in total. The zero-order chi connectivity index (χ0) is 15.4. The molecule has 116 valence electrons. The van der Waals surface area contributed by atoms with Crippen LogP contribution in [-0.2, 0) is 16.8 Å². The first-order valence-corrected chi connectivity index (χ1v) is 7.85. The summed E-state index contributed by atoms with van der Waals surface area (Å²) in [7, 11) is 0. The van der Waals surface area contributed by atoms with Gasteiger partial charge in [-0.25, -0.2) is 0 Å². The maximum atomic E-state index is 11.5. The van der Waals surface area contributed by atoms with Crippen molar-refractivity contribution < 1.29 is 9.84 Å². The van der Waals surface area contributed by atoms with E-state index in [2.05, 4.69) is 24.4 Å². The van der Waals surface area contributed by atoms with Gasteiger partial charge in [0.2, 0.25) is 0 Å². The number of morpholine rings is 1. The molecule has 0 saturated carbocycles. The first-order valence-electron chi connectivity index (χ1n) is 7.85. The summed E-state index contributed by atoms with van der Waals surface area (Å²) in [5, 5.41) is 14.8. The molecule has 1 aliphatic heterocycles. The molecule has 1 saturated heterocycles. The number of aryl methyl sites for hydroxylation is 1. The summed E-state index contributed by atoms with van der Waals surface area (Å²) in [6, 6.07) is 18.1. The van der Waals surface area contributed by atoms with Gasteiger partial charge in [-0.05, 0) is 23.6 Å². The van der Waals surface area contributed by atoms with E-state index < -0.39 is 5.60 Å². The van der Waals surface area contributed by atoms with Crippen molar-refractivity contribution in [3.63, 3.8) is 0 Å². The number of aliphatic hydroxyl groups is 1. The number of rotatable bonds is 4. The maximum absolute atomic E-state index is 11.5. The summed E-state index contributed by atoms with van der Waals surface area (Å²) in [5.41, 5.74) is 2.23. The predicted octanol–water partition coefficient (Wildman–Crippen LogP) is 2.41. The molecule has 1 aliphatic rings. The van der Waals surface area contributed by atoms with Crippen LogP contribution < -0.4 is 5.32 Å². The van der Waals surface area contributed by atoms with Gasteiger partial charge in [-0.1, -0.05) is 54.6 Å². The average Bonchev–Trinajstić information content (AvgIpc) is 2.58. The van der Waals surface area contributed by atoms with Gasteiger partial charge >= 0.3 is 0 Å². The molecule has 0 spiro atoms. The minimum absolute atomic E-state index is 0.247. The Labute approximate surface area is 131 Å². The van der Waals surface area contributed by atoms with Crippen LogP contribution in [0.1, 0.15) is 16.7 Å². The predicted molar refractivity (Wildman–Crippen MR) is 87.8 cm³/mol. The van der Waals surface area contributed by atoms with E-state index in [0.717, 1.165) is 17.7 Å². The van der Waals surface area contributed by atoms with Crippen molar-refractivity contribution in [2.45, 2.75) is 25.0 Å². The Morgan fingerprint density at radius 2 is 1.86 bits per heavy atom. The fourth-order valence-electron chi connectivity index (χ4n) is 3.10. The van der Waals surface area contributed by atoms with Gasteiger partial charge in [0.25, 0.3) is 0 Å². The summed E-state index contributed by atoms with van der Waals surface area (Å²) in [6.07, 6.45) is 0.305. The molecule has 0 bridgehead atoms. The summed E-state index contributed by atoms with van der Waals surface area (Å²) < 4.78 is 5.90. The van der Waals surface area contributed by atoms with Crippen molar-refractivity contribution in [1.29, 1.82) is 0 Å². The minimum atomic E-state index is -1.03. The number of nitrogens with one attached hydrogen (secondary N) is 1. The van der Waals surface area contributed by atoms with Crippen molar-refractivity contribution in [2.75, 3.05) is 19.7 Å². The van der Waals surface area contributed by atoms with Crippen LogP contribution >= 0.6 is 0 Å².